The number of hydrogen-bond acceptors (Lipinski definition) is 2. The topological polar surface area (TPSA) is 29.5 Å². The van der Waals surface area contributed by atoms with Gasteiger partial charge in [-0.2, -0.15) is 0 Å². The fourth-order valence-corrected chi connectivity index (χ4v) is 1.51. The summed E-state index contributed by atoms with van der Waals surface area (Å²) in [6.07, 6.45) is -0.291. The van der Waals surface area contributed by atoms with Gasteiger partial charge in [0.2, 0.25) is 0 Å². The molecule has 3 nitrogen and oxygen atoms in total. The Balaban J connectivity index is 2.61. The van der Waals surface area contributed by atoms with Crippen LogP contribution in [0.1, 0.15) is 13.8 Å². The fourth-order valence-electron chi connectivity index (χ4n) is 1.15. The first-order valence-corrected chi connectivity index (χ1v) is 5.97. The van der Waals surface area contributed by atoms with Crippen LogP contribution in [0.25, 0.3) is 0 Å². The average molecular weight is 319 g/mol. The number of rotatable bonds is 3. The third-order valence-corrected chi connectivity index (χ3v) is 2.76. The van der Waals surface area contributed by atoms with E-state index >= 15 is 0 Å². The van der Waals surface area contributed by atoms with Gasteiger partial charge in [0.05, 0.1) is 0 Å². The molecular weight excluding hydrogens is 305 g/mol. The van der Waals surface area contributed by atoms with E-state index in [2.05, 4.69) is 22.6 Å². The third-order valence-electron chi connectivity index (χ3n) is 2.04. The molecule has 0 radical (unpaired) electrons. The molecule has 0 unspecified atom stereocenters. The summed E-state index contributed by atoms with van der Waals surface area (Å²) in [5, 5.41) is 0. The summed E-state index contributed by atoms with van der Waals surface area (Å²) < 4.78 is 6.32. The molecule has 0 aliphatic rings. The minimum atomic E-state index is -0.291. The molecule has 1 rings (SSSR count). The lowest BCUT2D eigenvalue weighted by Crippen LogP contribution is -2.33. The summed E-state index contributed by atoms with van der Waals surface area (Å²) in [7, 11) is 0. The second-order valence-corrected chi connectivity index (χ2v) is 4.24. The van der Waals surface area contributed by atoms with Crippen LogP contribution in [0.3, 0.4) is 0 Å². The number of carbonyl (C=O) groups excluding carboxylic acids is 1. The van der Waals surface area contributed by atoms with E-state index in [1.165, 1.54) is 0 Å². The van der Waals surface area contributed by atoms with Gasteiger partial charge < -0.3 is 9.64 Å². The average Bonchev–Trinajstić information content (AvgIpc) is 2.23. The molecule has 0 aliphatic carbocycles. The molecule has 0 bridgehead atoms. The molecule has 0 atom stereocenters. The van der Waals surface area contributed by atoms with Crippen LogP contribution in [0.2, 0.25) is 0 Å². The van der Waals surface area contributed by atoms with Crippen LogP contribution in [0.5, 0.6) is 5.75 Å². The van der Waals surface area contributed by atoms with E-state index < -0.39 is 0 Å². The highest BCUT2D eigenvalue weighted by Crippen LogP contribution is 2.14. The van der Waals surface area contributed by atoms with Crippen LogP contribution < -0.4 is 4.74 Å². The largest absolute Gasteiger partial charge is 0.415 e. The molecule has 4 heteroatoms. The molecule has 1 aromatic rings. The Kier molecular flexibility index (Phi) is 4.87. The van der Waals surface area contributed by atoms with E-state index in [0.717, 1.165) is 3.57 Å². The molecule has 15 heavy (non-hydrogen) atoms. The molecule has 0 N–H and O–H groups in total. The van der Waals surface area contributed by atoms with Crippen molar-refractivity contribution >= 4 is 28.7 Å². The summed E-state index contributed by atoms with van der Waals surface area (Å²) in [6, 6.07) is 7.41. The number of benzene rings is 1. The van der Waals surface area contributed by atoms with Crippen molar-refractivity contribution in [3.05, 3.63) is 27.8 Å². The van der Waals surface area contributed by atoms with E-state index in [-0.39, 0.29) is 6.09 Å². The number of halogens is 1. The van der Waals surface area contributed by atoms with Crippen molar-refractivity contribution in [2.24, 2.45) is 0 Å². The maximum Gasteiger partial charge on any atom is 0.415 e. The van der Waals surface area contributed by atoms with Gasteiger partial charge in [0.25, 0.3) is 0 Å². The molecule has 0 heterocycles. The monoisotopic (exact) mass is 319 g/mol. The van der Waals surface area contributed by atoms with Crippen molar-refractivity contribution in [2.75, 3.05) is 13.1 Å². The maximum absolute atomic E-state index is 11.6. The fraction of sp³-hybridized carbons (Fsp3) is 0.364. The first-order chi connectivity index (χ1) is 7.17. The van der Waals surface area contributed by atoms with Crippen molar-refractivity contribution in [2.45, 2.75) is 13.8 Å². The molecule has 0 fully saturated rings. The lowest BCUT2D eigenvalue weighted by molar-refractivity contribution is 0.157. The molecular formula is C11H14INO2. The first-order valence-electron chi connectivity index (χ1n) is 4.89. The van der Waals surface area contributed by atoms with Gasteiger partial charge in [-0.15, -0.1) is 0 Å². The predicted molar refractivity (Wildman–Crippen MR) is 68.1 cm³/mol. The second kappa shape index (κ2) is 5.95. The van der Waals surface area contributed by atoms with Gasteiger partial charge in [-0.3, -0.25) is 0 Å². The van der Waals surface area contributed by atoms with Gasteiger partial charge in [0, 0.05) is 16.7 Å². The third kappa shape index (κ3) is 3.70. The quantitative estimate of drug-likeness (QED) is 0.801. The van der Waals surface area contributed by atoms with Crippen LogP contribution in [-0.2, 0) is 0 Å². The number of amides is 1. The lowest BCUT2D eigenvalue weighted by Gasteiger charge is -2.17. The van der Waals surface area contributed by atoms with Crippen molar-refractivity contribution in [1.82, 2.24) is 4.90 Å². The standard InChI is InChI=1S/C11H14INO2/c1-3-13(4-2)11(14)15-10-7-5-9(12)6-8-10/h5-8H,3-4H2,1-2H3. The van der Waals surface area contributed by atoms with Crippen molar-refractivity contribution in [3.63, 3.8) is 0 Å². The Hall–Kier alpha value is -0.780. The van der Waals surface area contributed by atoms with Gasteiger partial charge in [-0.05, 0) is 60.7 Å². The zero-order valence-electron chi connectivity index (χ0n) is 8.87. The summed E-state index contributed by atoms with van der Waals surface area (Å²) >= 11 is 2.21. The summed E-state index contributed by atoms with van der Waals surface area (Å²) in [4.78, 5) is 13.2. The molecule has 0 aromatic heterocycles. The van der Waals surface area contributed by atoms with Gasteiger partial charge in [-0.25, -0.2) is 4.79 Å². The van der Waals surface area contributed by atoms with E-state index in [9.17, 15) is 4.79 Å². The second-order valence-electron chi connectivity index (χ2n) is 2.99. The molecule has 1 amide bonds. The number of carbonyl (C=O) groups is 1. The summed E-state index contributed by atoms with van der Waals surface area (Å²) in [6.45, 7) is 5.19. The molecule has 82 valence electrons. The number of hydrogen-bond donors (Lipinski definition) is 0. The zero-order chi connectivity index (χ0) is 11.3. The van der Waals surface area contributed by atoms with Crippen LogP contribution in [0.4, 0.5) is 4.79 Å². The van der Waals surface area contributed by atoms with Crippen LogP contribution in [-0.4, -0.2) is 24.1 Å². The van der Waals surface area contributed by atoms with Crippen molar-refractivity contribution < 1.29 is 9.53 Å². The Morgan fingerprint density at radius 3 is 2.27 bits per heavy atom. The molecule has 0 spiro atoms. The first kappa shape index (κ1) is 12.3. The number of nitrogens with zero attached hydrogens (tertiary/aromatic N) is 1. The van der Waals surface area contributed by atoms with Crippen molar-refractivity contribution in [1.29, 1.82) is 0 Å². The Morgan fingerprint density at radius 2 is 1.80 bits per heavy atom. The Morgan fingerprint density at radius 1 is 1.27 bits per heavy atom. The zero-order valence-corrected chi connectivity index (χ0v) is 11.0. The van der Waals surface area contributed by atoms with E-state index in [0.29, 0.717) is 18.8 Å². The summed E-state index contributed by atoms with van der Waals surface area (Å²) in [5.74, 6) is 0.590. The highest BCUT2D eigenvalue weighted by Gasteiger charge is 2.11. The van der Waals surface area contributed by atoms with E-state index in [1.807, 2.05) is 26.0 Å². The van der Waals surface area contributed by atoms with Gasteiger partial charge in [-0.1, -0.05) is 0 Å². The van der Waals surface area contributed by atoms with Crippen LogP contribution in [0, 0.1) is 3.57 Å². The molecule has 1 aromatic carbocycles. The highest BCUT2D eigenvalue weighted by molar-refractivity contribution is 14.1. The SMILES string of the molecule is CCN(CC)C(=O)Oc1ccc(I)cc1. The molecule has 0 saturated carbocycles. The lowest BCUT2D eigenvalue weighted by atomic mass is 10.3. The minimum absolute atomic E-state index is 0.291. The molecule has 0 aliphatic heterocycles. The molecule has 0 saturated heterocycles. The number of ether oxygens (including phenoxy) is 1. The van der Waals surface area contributed by atoms with Gasteiger partial charge in [0.1, 0.15) is 5.75 Å². The Bertz CT molecular complexity index is 320. The summed E-state index contributed by atoms with van der Waals surface area (Å²) in [5.41, 5.74) is 0. The van der Waals surface area contributed by atoms with E-state index in [4.69, 9.17) is 4.74 Å². The predicted octanol–water partition coefficient (Wildman–Crippen LogP) is 3.13. The minimum Gasteiger partial charge on any atom is -0.410 e. The maximum atomic E-state index is 11.6. The van der Waals surface area contributed by atoms with Gasteiger partial charge >= 0.3 is 6.09 Å². The Labute approximate surface area is 104 Å². The normalized spacial score (nSPS) is 9.80. The van der Waals surface area contributed by atoms with Crippen LogP contribution in [0.15, 0.2) is 24.3 Å². The van der Waals surface area contributed by atoms with Crippen molar-refractivity contribution in [3.8, 4) is 5.75 Å². The highest BCUT2D eigenvalue weighted by atomic mass is 127. The van der Waals surface area contributed by atoms with E-state index in [1.54, 1.807) is 17.0 Å². The van der Waals surface area contributed by atoms with Gasteiger partial charge in [0.15, 0.2) is 0 Å². The smallest absolute Gasteiger partial charge is 0.410 e. The van der Waals surface area contributed by atoms with Crippen LogP contribution >= 0.6 is 22.6 Å².